The molecule has 0 saturated carbocycles. The van der Waals surface area contributed by atoms with Crippen LogP contribution in [0.4, 0.5) is 0 Å². The van der Waals surface area contributed by atoms with Crippen LogP contribution in [0.2, 0.25) is 0 Å². The highest BCUT2D eigenvalue weighted by atomic mass is 15.2. The van der Waals surface area contributed by atoms with Crippen LogP contribution in [-0.2, 0) is 0 Å². The summed E-state index contributed by atoms with van der Waals surface area (Å²) in [7, 11) is 0. The summed E-state index contributed by atoms with van der Waals surface area (Å²) in [4.78, 5) is 2.61. The van der Waals surface area contributed by atoms with Crippen molar-refractivity contribution in [2.45, 2.75) is 53.0 Å². The minimum atomic E-state index is 0.481. The van der Waals surface area contributed by atoms with Crippen molar-refractivity contribution in [3.63, 3.8) is 0 Å². The van der Waals surface area contributed by atoms with Gasteiger partial charge in [0.05, 0.1) is 0 Å². The fraction of sp³-hybridized carbons (Fsp3) is 1.00. The molecule has 1 unspecified atom stereocenters. The summed E-state index contributed by atoms with van der Waals surface area (Å²) in [5.74, 6) is 0. The minimum absolute atomic E-state index is 0.481. The van der Waals surface area contributed by atoms with Gasteiger partial charge in [0.25, 0.3) is 0 Å². The highest BCUT2D eigenvalue weighted by Crippen LogP contribution is 2.20. The predicted molar refractivity (Wildman–Crippen MR) is 67.2 cm³/mol. The third-order valence-electron chi connectivity index (χ3n) is 3.13. The van der Waals surface area contributed by atoms with Gasteiger partial charge in [0.15, 0.2) is 0 Å². The maximum Gasteiger partial charge on any atom is 0.0207 e. The van der Waals surface area contributed by atoms with Crippen molar-refractivity contribution >= 4 is 0 Å². The normalized spacial score (nSPS) is 23.6. The monoisotopic (exact) mass is 212 g/mol. The smallest absolute Gasteiger partial charge is 0.0207 e. The summed E-state index contributed by atoms with van der Waals surface area (Å²) < 4.78 is 0. The average molecular weight is 212 g/mol. The molecule has 0 aliphatic carbocycles. The van der Waals surface area contributed by atoms with Crippen LogP contribution >= 0.6 is 0 Å². The van der Waals surface area contributed by atoms with Gasteiger partial charge in [-0.05, 0) is 44.3 Å². The number of likely N-dealkylation sites (tertiary alicyclic amines) is 1. The maximum atomic E-state index is 3.62. The van der Waals surface area contributed by atoms with E-state index >= 15 is 0 Å². The van der Waals surface area contributed by atoms with Crippen LogP contribution in [0.3, 0.4) is 0 Å². The van der Waals surface area contributed by atoms with Crippen molar-refractivity contribution in [1.82, 2.24) is 10.2 Å². The lowest BCUT2D eigenvalue weighted by Gasteiger charge is -2.23. The predicted octanol–water partition coefficient (Wildman–Crippen LogP) is 2.50. The summed E-state index contributed by atoms with van der Waals surface area (Å²) in [6, 6.07) is 0.755. The van der Waals surface area contributed by atoms with E-state index in [0.29, 0.717) is 5.41 Å². The van der Waals surface area contributed by atoms with Crippen molar-refractivity contribution in [1.29, 1.82) is 0 Å². The Labute approximate surface area is 95.4 Å². The van der Waals surface area contributed by atoms with Crippen LogP contribution in [-0.4, -0.2) is 37.1 Å². The van der Waals surface area contributed by atoms with Gasteiger partial charge >= 0.3 is 0 Å². The molecule has 2 heteroatoms. The van der Waals surface area contributed by atoms with E-state index < -0.39 is 0 Å². The minimum Gasteiger partial charge on any atom is -0.313 e. The Kier molecular flexibility index (Phi) is 5.07. The molecular weight excluding hydrogens is 184 g/mol. The van der Waals surface area contributed by atoms with Gasteiger partial charge in [0, 0.05) is 12.6 Å². The molecule has 0 aromatic rings. The number of rotatable bonds is 5. The van der Waals surface area contributed by atoms with E-state index in [9.17, 15) is 0 Å². The molecule has 0 amide bonds. The number of nitrogens with zero attached hydrogens (tertiary/aromatic N) is 1. The molecular formula is C13H28N2. The van der Waals surface area contributed by atoms with Gasteiger partial charge < -0.3 is 10.2 Å². The van der Waals surface area contributed by atoms with E-state index in [-0.39, 0.29) is 0 Å². The molecule has 0 spiro atoms. The average Bonchev–Trinajstić information content (AvgIpc) is 2.58. The second-order valence-electron chi connectivity index (χ2n) is 6.05. The molecule has 0 aromatic heterocycles. The molecule has 2 nitrogen and oxygen atoms in total. The highest BCUT2D eigenvalue weighted by molar-refractivity contribution is 4.81. The summed E-state index contributed by atoms with van der Waals surface area (Å²) >= 11 is 0. The zero-order valence-electron chi connectivity index (χ0n) is 11.0. The fourth-order valence-corrected chi connectivity index (χ4v) is 2.04. The molecule has 1 N–H and O–H groups in total. The Balaban J connectivity index is 2.13. The first-order valence-electron chi connectivity index (χ1n) is 6.47. The summed E-state index contributed by atoms with van der Waals surface area (Å²) in [6.45, 7) is 14.2. The second-order valence-corrected chi connectivity index (χ2v) is 6.05. The Bertz CT molecular complexity index is 172. The molecule has 1 saturated heterocycles. The van der Waals surface area contributed by atoms with Crippen molar-refractivity contribution in [3.8, 4) is 0 Å². The lowest BCUT2D eigenvalue weighted by atomic mass is 9.92. The number of hydrogen-bond donors (Lipinski definition) is 1. The molecule has 1 atom stereocenters. The second kappa shape index (κ2) is 5.86. The van der Waals surface area contributed by atoms with E-state index in [4.69, 9.17) is 0 Å². The largest absolute Gasteiger partial charge is 0.313 e. The molecule has 1 aliphatic heterocycles. The molecule has 90 valence electrons. The van der Waals surface area contributed by atoms with Gasteiger partial charge in [-0.2, -0.15) is 0 Å². The Hall–Kier alpha value is -0.0800. The van der Waals surface area contributed by atoms with Crippen molar-refractivity contribution in [2.75, 3.05) is 26.2 Å². The Morgan fingerprint density at radius 2 is 2.07 bits per heavy atom. The third-order valence-corrected chi connectivity index (χ3v) is 3.13. The fourth-order valence-electron chi connectivity index (χ4n) is 2.04. The van der Waals surface area contributed by atoms with E-state index in [1.165, 1.54) is 45.4 Å². The molecule has 0 bridgehead atoms. The Morgan fingerprint density at radius 1 is 1.33 bits per heavy atom. The lowest BCUT2D eigenvalue weighted by molar-refractivity contribution is 0.260. The maximum absolute atomic E-state index is 3.62. The molecule has 0 radical (unpaired) electrons. The molecule has 1 heterocycles. The van der Waals surface area contributed by atoms with Gasteiger partial charge in [0.1, 0.15) is 0 Å². The van der Waals surface area contributed by atoms with Crippen LogP contribution in [0.25, 0.3) is 0 Å². The molecule has 0 aromatic carbocycles. The quantitative estimate of drug-likeness (QED) is 0.753. The van der Waals surface area contributed by atoms with Gasteiger partial charge in [-0.25, -0.2) is 0 Å². The first-order chi connectivity index (χ1) is 7.01. The van der Waals surface area contributed by atoms with Crippen LogP contribution in [0, 0.1) is 5.41 Å². The number of nitrogens with one attached hydrogen (secondary N) is 1. The van der Waals surface area contributed by atoms with Gasteiger partial charge in [-0.15, -0.1) is 0 Å². The summed E-state index contributed by atoms with van der Waals surface area (Å²) in [5.41, 5.74) is 0.481. The van der Waals surface area contributed by atoms with Gasteiger partial charge in [-0.3, -0.25) is 0 Å². The molecule has 15 heavy (non-hydrogen) atoms. The standard InChI is InChI=1S/C13H28N2/c1-5-8-14-12-6-9-15(11-12)10-7-13(2,3)4/h12,14H,5-11H2,1-4H3. The highest BCUT2D eigenvalue weighted by Gasteiger charge is 2.22. The first-order valence-corrected chi connectivity index (χ1v) is 6.47. The van der Waals surface area contributed by atoms with E-state index in [2.05, 4.69) is 37.9 Å². The third kappa shape index (κ3) is 5.53. The van der Waals surface area contributed by atoms with Crippen molar-refractivity contribution < 1.29 is 0 Å². The topological polar surface area (TPSA) is 15.3 Å². The van der Waals surface area contributed by atoms with Crippen LogP contribution < -0.4 is 5.32 Å². The van der Waals surface area contributed by atoms with E-state index in [1.807, 2.05) is 0 Å². The number of hydrogen-bond acceptors (Lipinski definition) is 2. The van der Waals surface area contributed by atoms with Crippen molar-refractivity contribution in [2.24, 2.45) is 5.41 Å². The lowest BCUT2D eigenvalue weighted by Crippen LogP contribution is -2.33. The molecule has 1 aliphatic rings. The zero-order valence-corrected chi connectivity index (χ0v) is 11.0. The van der Waals surface area contributed by atoms with Crippen LogP contribution in [0.1, 0.15) is 47.0 Å². The van der Waals surface area contributed by atoms with E-state index in [0.717, 1.165) is 6.04 Å². The molecule has 1 fully saturated rings. The summed E-state index contributed by atoms with van der Waals surface area (Å²) in [6.07, 6.45) is 3.90. The SMILES string of the molecule is CCCNC1CCN(CCC(C)(C)C)C1. The Morgan fingerprint density at radius 3 is 2.67 bits per heavy atom. The van der Waals surface area contributed by atoms with Crippen molar-refractivity contribution in [3.05, 3.63) is 0 Å². The zero-order chi connectivity index (χ0) is 11.3. The van der Waals surface area contributed by atoms with Gasteiger partial charge in [-0.1, -0.05) is 27.7 Å². The summed E-state index contributed by atoms with van der Waals surface area (Å²) in [5, 5.41) is 3.62. The van der Waals surface area contributed by atoms with Crippen LogP contribution in [0.5, 0.6) is 0 Å². The molecule has 1 rings (SSSR count). The first kappa shape index (κ1) is 13.0. The van der Waals surface area contributed by atoms with Gasteiger partial charge in [0.2, 0.25) is 0 Å². The van der Waals surface area contributed by atoms with Crippen LogP contribution in [0.15, 0.2) is 0 Å². The van der Waals surface area contributed by atoms with E-state index in [1.54, 1.807) is 0 Å².